The Labute approximate surface area is 150 Å². The molecule has 0 radical (unpaired) electrons. The molecule has 26 heavy (non-hydrogen) atoms. The van der Waals surface area contributed by atoms with Gasteiger partial charge in [0.1, 0.15) is 0 Å². The number of hydrogen-bond acceptors (Lipinski definition) is 4. The summed E-state index contributed by atoms with van der Waals surface area (Å²) in [5.74, 6) is -1.79. The van der Waals surface area contributed by atoms with Gasteiger partial charge >= 0.3 is 5.97 Å². The predicted octanol–water partition coefficient (Wildman–Crippen LogP) is 1.41. The van der Waals surface area contributed by atoms with Crippen LogP contribution in [-0.4, -0.2) is 37.6 Å². The minimum atomic E-state index is -0.872. The number of hydrogen-bond donors (Lipinski definition) is 3. The zero-order valence-corrected chi connectivity index (χ0v) is 14.8. The Morgan fingerprint density at radius 1 is 1.31 bits per heavy atom. The van der Waals surface area contributed by atoms with Crippen molar-refractivity contribution in [1.29, 1.82) is 0 Å². The van der Waals surface area contributed by atoms with Crippen molar-refractivity contribution < 1.29 is 14.7 Å². The van der Waals surface area contributed by atoms with E-state index in [-0.39, 0.29) is 17.9 Å². The van der Waals surface area contributed by atoms with Gasteiger partial charge in [0.15, 0.2) is 5.65 Å². The molecule has 0 bridgehead atoms. The SMILES string of the molecule is Cc1nc2cc[nH]n2c(=O)c1CC(=O)NC1CCCCCCC1C(=O)O. The van der Waals surface area contributed by atoms with Crippen molar-refractivity contribution >= 4 is 17.5 Å². The van der Waals surface area contributed by atoms with Crippen LogP contribution in [0.25, 0.3) is 5.65 Å². The molecule has 0 aromatic carbocycles. The first-order valence-corrected chi connectivity index (χ1v) is 9.05. The first kappa shape index (κ1) is 18.2. The first-order chi connectivity index (χ1) is 12.5. The van der Waals surface area contributed by atoms with Crippen LogP contribution in [0.2, 0.25) is 0 Å². The van der Waals surface area contributed by atoms with E-state index in [0.29, 0.717) is 29.7 Å². The minimum absolute atomic E-state index is 0.109. The first-order valence-electron chi connectivity index (χ1n) is 9.05. The molecule has 0 saturated heterocycles. The van der Waals surface area contributed by atoms with Crippen LogP contribution in [-0.2, 0) is 16.0 Å². The number of nitrogens with one attached hydrogen (secondary N) is 2. The van der Waals surface area contributed by atoms with Crippen molar-refractivity contribution in [2.45, 2.75) is 57.9 Å². The number of aromatic amines is 1. The Balaban J connectivity index is 1.77. The maximum atomic E-state index is 12.5. The summed E-state index contributed by atoms with van der Waals surface area (Å²) in [7, 11) is 0. The molecule has 140 valence electrons. The minimum Gasteiger partial charge on any atom is -0.481 e. The van der Waals surface area contributed by atoms with Crippen LogP contribution >= 0.6 is 0 Å². The molecule has 1 amide bonds. The van der Waals surface area contributed by atoms with Crippen LogP contribution < -0.4 is 10.9 Å². The number of H-pyrrole nitrogens is 1. The molecule has 8 nitrogen and oxygen atoms in total. The van der Waals surface area contributed by atoms with Gasteiger partial charge in [0, 0.05) is 29.6 Å². The lowest BCUT2D eigenvalue weighted by molar-refractivity contribution is -0.143. The maximum absolute atomic E-state index is 12.5. The molecule has 8 heteroatoms. The fourth-order valence-electron chi connectivity index (χ4n) is 3.68. The molecular formula is C18H24N4O4. The van der Waals surface area contributed by atoms with Gasteiger partial charge < -0.3 is 10.4 Å². The summed E-state index contributed by atoms with van der Waals surface area (Å²) in [5.41, 5.74) is 1.03. The van der Waals surface area contributed by atoms with E-state index in [1.165, 1.54) is 4.52 Å². The monoisotopic (exact) mass is 360 g/mol. The molecule has 1 aliphatic carbocycles. The van der Waals surface area contributed by atoms with Gasteiger partial charge in [-0.2, -0.15) is 0 Å². The molecule has 2 aromatic heterocycles. The molecule has 2 heterocycles. The molecule has 2 aromatic rings. The lowest BCUT2D eigenvalue weighted by Crippen LogP contribution is -2.45. The van der Waals surface area contributed by atoms with Crippen molar-refractivity contribution in [2.24, 2.45) is 5.92 Å². The zero-order valence-electron chi connectivity index (χ0n) is 14.8. The lowest BCUT2D eigenvalue weighted by Gasteiger charge is -2.27. The number of fused-ring (bicyclic) bond motifs is 1. The second kappa shape index (κ2) is 7.72. The fraction of sp³-hybridized carbons (Fsp3) is 0.556. The van der Waals surface area contributed by atoms with E-state index in [4.69, 9.17) is 0 Å². The van der Waals surface area contributed by atoms with Crippen molar-refractivity contribution in [3.05, 3.63) is 33.9 Å². The summed E-state index contributed by atoms with van der Waals surface area (Å²) in [6, 6.07) is 1.29. The highest BCUT2D eigenvalue weighted by molar-refractivity contribution is 5.80. The number of carbonyl (C=O) groups is 2. The van der Waals surface area contributed by atoms with Crippen molar-refractivity contribution in [1.82, 2.24) is 19.9 Å². The summed E-state index contributed by atoms with van der Waals surface area (Å²) >= 11 is 0. The largest absolute Gasteiger partial charge is 0.481 e. The van der Waals surface area contributed by atoms with Gasteiger partial charge in [0.2, 0.25) is 5.91 Å². The number of amides is 1. The molecule has 2 atom stereocenters. The van der Waals surface area contributed by atoms with Gasteiger partial charge in [-0.05, 0) is 19.8 Å². The zero-order chi connectivity index (χ0) is 18.7. The highest BCUT2D eigenvalue weighted by Gasteiger charge is 2.30. The lowest BCUT2D eigenvalue weighted by atomic mass is 9.86. The fourth-order valence-corrected chi connectivity index (χ4v) is 3.68. The van der Waals surface area contributed by atoms with Crippen LogP contribution in [0.5, 0.6) is 0 Å². The average molecular weight is 360 g/mol. The topological polar surface area (TPSA) is 117 Å². The molecule has 1 aliphatic rings. The number of rotatable bonds is 4. The number of aliphatic carboxylic acids is 1. The molecule has 1 saturated carbocycles. The Hall–Kier alpha value is -2.64. The second-order valence-corrected chi connectivity index (χ2v) is 6.92. The molecule has 3 rings (SSSR count). The van der Waals surface area contributed by atoms with Gasteiger partial charge in [0.05, 0.1) is 12.3 Å². The molecule has 1 fully saturated rings. The Morgan fingerprint density at radius 3 is 2.77 bits per heavy atom. The molecule has 0 spiro atoms. The third-order valence-corrected chi connectivity index (χ3v) is 5.11. The summed E-state index contributed by atoms with van der Waals surface area (Å²) in [5, 5.41) is 15.1. The summed E-state index contributed by atoms with van der Waals surface area (Å²) < 4.78 is 1.30. The van der Waals surface area contributed by atoms with Gasteiger partial charge in [-0.15, -0.1) is 0 Å². The van der Waals surface area contributed by atoms with E-state index in [1.807, 2.05) is 0 Å². The van der Waals surface area contributed by atoms with Crippen LogP contribution in [0.1, 0.15) is 49.8 Å². The van der Waals surface area contributed by atoms with Crippen LogP contribution in [0.15, 0.2) is 17.1 Å². The quantitative estimate of drug-likeness (QED) is 0.762. The van der Waals surface area contributed by atoms with E-state index in [9.17, 15) is 19.5 Å². The van der Waals surface area contributed by atoms with Gasteiger partial charge in [-0.3, -0.25) is 19.5 Å². The molecule has 3 N–H and O–H groups in total. The number of carbonyl (C=O) groups excluding carboxylic acids is 1. The van der Waals surface area contributed by atoms with E-state index >= 15 is 0 Å². The number of carboxylic acid groups (broad SMARTS) is 1. The van der Waals surface area contributed by atoms with E-state index in [1.54, 1.807) is 19.2 Å². The van der Waals surface area contributed by atoms with Gasteiger partial charge in [-0.1, -0.05) is 25.7 Å². The Kier molecular flexibility index (Phi) is 5.39. The smallest absolute Gasteiger partial charge is 0.308 e. The summed E-state index contributed by atoms with van der Waals surface area (Å²) in [4.78, 5) is 41.0. The third kappa shape index (κ3) is 3.79. The predicted molar refractivity (Wildman–Crippen MR) is 95.0 cm³/mol. The van der Waals surface area contributed by atoms with E-state index < -0.39 is 17.9 Å². The normalized spacial score (nSPS) is 21.1. The molecule has 2 unspecified atom stereocenters. The average Bonchev–Trinajstić information content (AvgIpc) is 3.02. The maximum Gasteiger partial charge on any atom is 0.308 e. The standard InChI is InChI=1S/C18H24N4O4/c1-11-13(17(24)22-15(20-11)8-9-19-22)10-16(23)21-14-7-5-3-2-4-6-12(14)18(25)26/h8-9,12,14,19H,2-7,10H2,1H3,(H,21,23)(H,25,26). The van der Waals surface area contributed by atoms with Crippen molar-refractivity contribution in [3.63, 3.8) is 0 Å². The van der Waals surface area contributed by atoms with E-state index in [0.717, 1.165) is 25.7 Å². The Morgan fingerprint density at radius 2 is 2.04 bits per heavy atom. The molecular weight excluding hydrogens is 336 g/mol. The van der Waals surface area contributed by atoms with Gasteiger partial charge in [-0.25, -0.2) is 9.50 Å². The highest BCUT2D eigenvalue weighted by Crippen LogP contribution is 2.23. The highest BCUT2D eigenvalue weighted by atomic mass is 16.4. The van der Waals surface area contributed by atoms with E-state index in [2.05, 4.69) is 15.4 Å². The number of carboxylic acids is 1. The van der Waals surface area contributed by atoms with Crippen LogP contribution in [0.4, 0.5) is 0 Å². The van der Waals surface area contributed by atoms with Crippen LogP contribution in [0.3, 0.4) is 0 Å². The van der Waals surface area contributed by atoms with Crippen LogP contribution in [0, 0.1) is 12.8 Å². The third-order valence-electron chi connectivity index (χ3n) is 5.11. The van der Waals surface area contributed by atoms with Crippen molar-refractivity contribution in [2.75, 3.05) is 0 Å². The summed E-state index contributed by atoms with van der Waals surface area (Å²) in [6.45, 7) is 1.70. The number of nitrogens with zero attached hydrogens (tertiary/aromatic N) is 2. The number of aromatic nitrogens is 3. The van der Waals surface area contributed by atoms with Gasteiger partial charge in [0.25, 0.3) is 5.56 Å². The Bertz CT molecular complexity index is 870. The van der Waals surface area contributed by atoms with Crippen molar-refractivity contribution in [3.8, 4) is 0 Å². The molecule has 0 aliphatic heterocycles. The summed E-state index contributed by atoms with van der Waals surface area (Å²) in [6.07, 6.45) is 6.55. The second-order valence-electron chi connectivity index (χ2n) is 6.92. The number of aryl methyl sites for hydroxylation is 1.